The van der Waals surface area contributed by atoms with Crippen LogP contribution in [0.5, 0.6) is 0 Å². The van der Waals surface area contributed by atoms with Crippen molar-refractivity contribution >= 4 is 27.5 Å². The summed E-state index contributed by atoms with van der Waals surface area (Å²) in [5, 5.41) is 9.08. The summed E-state index contributed by atoms with van der Waals surface area (Å²) in [7, 11) is -2.46. The van der Waals surface area contributed by atoms with E-state index in [4.69, 9.17) is 5.11 Å². The monoisotopic (exact) mass is 290 g/mol. The Balaban J connectivity index is 2.33. The second-order valence-corrected chi connectivity index (χ2v) is 7.31. The fraction of sp³-hybridized carbons (Fsp3) is 0.500. The van der Waals surface area contributed by atoms with Gasteiger partial charge in [0.2, 0.25) is 0 Å². The van der Waals surface area contributed by atoms with Crippen molar-refractivity contribution in [1.82, 2.24) is 9.03 Å². The van der Waals surface area contributed by atoms with E-state index in [0.29, 0.717) is 0 Å². The van der Waals surface area contributed by atoms with Crippen molar-refractivity contribution in [2.45, 2.75) is 25.4 Å². The third-order valence-electron chi connectivity index (χ3n) is 2.96. The first-order chi connectivity index (χ1) is 8.31. The number of likely N-dealkylation sites (N-methyl/N-ethyl adjacent to an activating group) is 1. The molecule has 0 aromatic carbocycles. The van der Waals surface area contributed by atoms with Gasteiger partial charge in [-0.15, -0.1) is 11.3 Å². The number of carbonyl (C=O) groups is 1. The van der Waals surface area contributed by atoms with Gasteiger partial charge >= 0.3 is 5.97 Å². The van der Waals surface area contributed by atoms with Gasteiger partial charge in [-0.05, 0) is 25.5 Å². The van der Waals surface area contributed by atoms with E-state index in [2.05, 4.69) is 4.72 Å². The van der Waals surface area contributed by atoms with Crippen LogP contribution in [0.3, 0.4) is 0 Å². The van der Waals surface area contributed by atoms with E-state index in [1.54, 1.807) is 0 Å². The van der Waals surface area contributed by atoms with Crippen molar-refractivity contribution in [2.75, 3.05) is 7.05 Å². The molecular weight excluding hydrogens is 276 g/mol. The smallest absolute Gasteiger partial charge is 0.322 e. The quantitative estimate of drug-likeness (QED) is 0.840. The molecule has 1 fully saturated rings. The summed E-state index contributed by atoms with van der Waals surface area (Å²) in [6.45, 7) is 1.92. The van der Waals surface area contributed by atoms with Gasteiger partial charge in [0.1, 0.15) is 6.04 Å². The van der Waals surface area contributed by atoms with Crippen molar-refractivity contribution in [2.24, 2.45) is 0 Å². The van der Waals surface area contributed by atoms with Crippen molar-refractivity contribution in [3.63, 3.8) is 0 Å². The van der Waals surface area contributed by atoms with Crippen LogP contribution < -0.4 is 4.72 Å². The lowest BCUT2D eigenvalue weighted by Gasteiger charge is -2.34. The summed E-state index contributed by atoms with van der Waals surface area (Å²) < 4.78 is 27.1. The van der Waals surface area contributed by atoms with E-state index in [-0.39, 0.29) is 6.42 Å². The fourth-order valence-corrected chi connectivity index (χ4v) is 4.20. The van der Waals surface area contributed by atoms with Crippen molar-refractivity contribution in [3.8, 4) is 0 Å². The Morgan fingerprint density at radius 3 is 2.72 bits per heavy atom. The number of nitrogens with one attached hydrogen (secondary N) is 1. The molecule has 1 aliphatic rings. The van der Waals surface area contributed by atoms with E-state index in [1.165, 1.54) is 18.4 Å². The van der Waals surface area contributed by atoms with Crippen molar-refractivity contribution in [3.05, 3.63) is 21.9 Å². The normalized spacial score (nSPS) is 28.1. The van der Waals surface area contributed by atoms with E-state index in [9.17, 15) is 13.2 Å². The largest absolute Gasteiger partial charge is 0.480 e. The molecule has 1 aliphatic heterocycles. The Bertz CT molecular complexity index is 566. The summed E-state index contributed by atoms with van der Waals surface area (Å²) in [6, 6.07) is 2.23. The maximum atomic E-state index is 11.8. The number of carboxylic acids is 1. The van der Waals surface area contributed by atoms with Crippen molar-refractivity contribution in [1.29, 1.82) is 0 Å². The number of hydrogen-bond donors (Lipinski definition) is 2. The number of thiophene rings is 1. The average Bonchev–Trinajstić information content (AvgIpc) is 2.68. The van der Waals surface area contributed by atoms with Gasteiger partial charge in [0, 0.05) is 16.8 Å². The van der Waals surface area contributed by atoms with Crippen LogP contribution in [0.4, 0.5) is 0 Å². The number of aryl methyl sites for hydroxylation is 1. The Labute approximate surface area is 109 Å². The zero-order chi connectivity index (χ0) is 13.5. The van der Waals surface area contributed by atoms with Crippen LogP contribution >= 0.6 is 11.3 Å². The lowest BCUT2D eigenvalue weighted by atomic mass is 10.1. The molecule has 1 aromatic heterocycles. The summed E-state index contributed by atoms with van der Waals surface area (Å²) in [6.07, 6.45) is 0.227. The Hall–Kier alpha value is -0.960. The molecule has 0 radical (unpaired) electrons. The molecular formula is C10H14N2O4S2. The molecule has 0 spiro atoms. The predicted molar refractivity (Wildman–Crippen MR) is 67.7 cm³/mol. The molecule has 18 heavy (non-hydrogen) atoms. The van der Waals surface area contributed by atoms with Crippen LogP contribution in [0, 0.1) is 6.92 Å². The third kappa shape index (κ3) is 2.41. The molecule has 8 heteroatoms. The number of aliphatic carboxylic acids is 1. The molecule has 0 amide bonds. The molecule has 100 valence electrons. The van der Waals surface area contributed by atoms with Gasteiger partial charge in [-0.1, -0.05) is 0 Å². The minimum Gasteiger partial charge on any atom is -0.480 e. The first-order valence-corrected chi connectivity index (χ1v) is 7.61. The zero-order valence-corrected chi connectivity index (χ0v) is 11.6. The molecule has 0 bridgehead atoms. The minimum atomic E-state index is -3.73. The highest BCUT2D eigenvalue weighted by atomic mass is 32.2. The first kappa shape index (κ1) is 13.5. The molecule has 2 atom stereocenters. The predicted octanol–water partition coefficient (Wildman–Crippen LogP) is 0.721. The third-order valence-corrected chi connectivity index (χ3v) is 5.67. The number of rotatable bonds is 2. The lowest BCUT2D eigenvalue weighted by Crippen LogP contribution is -2.54. The summed E-state index contributed by atoms with van der Waals surface area (Å²) >= 11 is 1.47. The maximum Gasteiger partial charge on any atom is 0.322 e. The van der Waals surface area contributed by atoms with Crippen LogP contribution in [0.25, 0.3) is 0 Å². The molecule has 6 nitrogen and oxygen atoms in total. The van der Waals surface area contributed by atoms with Gasteiger partial charge in [0.15, 0.2) is 0 Å². The highest BCUT2D eigenvalue weighted by Crippen LogP contribution is 2.31. The highest BCUT2D eigenvalue weighted by Gasteiger charge is 2.40. The summed E-state index contributed by atoms with van der Waals surface area (Å²) in [4.78, 5) is 13.0. The molecule has 0 unspecified atom stereocenters. The highest BCUT2D eigenvalue weighted by molar-refractivity contribution is 7.87. The van der Waals surface area contributed by atoms with Crippen LogP contribution in [-0.4, -0.2) is 36.9 Å². The lowest BCUT2D eigenvalue weighted by molar-refractivity contribution is -0.141. The second-order valence-electron chi connectivity index (χ2n) is 4.23. The van der Waals surface area contributed by atoms with Gasteiger partial charge in [-0.2, -0.15) is 17.4 Å². The molecule has 2 N–H and O–H groups in total. The standard InChI is InChI=1S/C10H14N2O4S2/c1-6-3-4-9(17-6)7-5-8(10(13)14)12(2)18(15,16)11-7/h3-4,7-8,11H,5H2,1-2H3,(H,13,14)/t7-,8+/m1/s1. The van der Waals surface area contributed by atoms with E-state index < -0.39 is 28.3 Å². The van der Waals surface area contributed by atoms with Gasteiger partial charge in [0.05, 0.1) is 6.04 Å². The number of nitrogens with zero attached hydrogens (tertiary/aromatic N) is 1. The Morgan fingerprint density at radius 1 is 1.56 bits per heavy atom. The molecule has 1 saturated heterocycles. The van der Waals surface area contributed by atoms with Crippen molar-refractivity contribution < 1.29 is 18.3 Å². The number of hydrogen-bond acceptors (Lipinski definition) is 4. The SMILES string of the molecule is Cc1ccc([C@H]2C[C@@H](C(=O)O)N(C)S(=O)(=O)N2)s1. The minimum absolute atomic E-state index is 0.227. The first-order valence-electron chi connectivity index (χ1n) is 5.35. The molecule has 2 rings (SSSR count). The van der Waals surface area contributed by atoms with E-state index in [0.717, 1.165) is 14.1 Å². The van der Waals surface area contributed by atoms with Crippen LogP contribution in [0.15, 0.2) is 12.1 Å². The maximum absolute atomic E-state index is 11.8. The molecule has 0 aliphatic carbocycles. The topological polar surface area (TPSA) is 86.7 Å². The summed E-state index contributed by atoms with van der Waals surface area (Å²) in [5.41, 5.74) is 0. The van der Waals surface area contributed by atoms with Crippen LogP contribution in [0.2, 0.25) is 0 Å². The Kier molecular flexibility index (Phi) is 3.45. The number of carboxylic acid groups (broad SMARTS) is 1. The summed E-state index contributed by atoms with van der Waals surface area (Å²) in [5.74, 6) is -1.12. The van der Waals surface area contributed by atoms with E-state index in [1.807, 2.05) is 19.1 Å². The molecule has 2 heterocycles. The van der Waals surface area contributed by atoms with Crippen LogP contribution in [-0.2, 0) is 15.0 Å². The zero-order valence-electron chi connectivity index (χ0n) is 9.95. The van der Waals surface area contributed by atoms with Crippen LogP contribution in [0.1, 0.15) is 22.2 Å². The van der Waals surface area contributed by atoms with Gasteiger partial charge in [-0.25, -0.2) is 0 Å². The average molecular weight is 290 g/mol. The fourth-order valence-electron chi connectivity index (χ4n) is 1.92. The second kappa shape index (κ2) is 4.61. The molecule has 0 saturated carbocycles. The van der Waals surface area contributed by atoms with Gasteiger partial charge < -0.3 is 5.11 Å². The Morgan fingerprint density at radius 2 is 2.22 bits per heavy atom. The van der Waals surface area contributed by atoms with E-state index >= 15 is 0 Å². The van der Waals surface area contributed by atoms with Gasteiger partial charge in [0.25, 0.3) is 10.2 Å². The molecule has 1 aromatic rings. The van der Waals surface area contributed by atoms with Gasteiger partial charge in [-0.3, -0.25) is 4.79 Å².